The van der Waals surface area contributed by atoms with Gasteiger partial charge in [-0.15, -0.1) is 10.2 Å². The van der Waals surface area contributed by atoms with Crippen molar-refractivity contribution in [2.75, 3.05) is 0 Å². The van der Waals surface area contributed by atoms with Crippen molar-refractivity contribution in [2.24, 2.45) is 5.92 Å². The van der Waals surface area contributed by atoms with Gasteiger partial charge in [-0.1, -0.05) is 6.42 Å². The van der Waals surface area contributed by atoms with E-state index in [2.05, 4.69) is 10.2 Å². The van der Waals surface area contributed by atoms with Crippen LogP contribution in [0.15, 0.2) is 11.1 Å². The van der Waals surface area contributed by atoms with Crippen molar-refractivity contribution in [2.45, 2.75) is 51.5 Å². The average molecular weight is 258 g/mol. The summed E-state index contributed by atoms with van der Waals surface area (Å²) in [6.07, 6.45) is 9.91. The molecule has 0 bridgehead atoms. The molecule has 0 spiro atoms. The van der Waals surface area contributed by atoms with Crippen LogP contribution in [0.25, 0.3) is 5.65 Å². The Kier molecular flexibility index (Phi) is 2.47. The number of aryl methyl sites for hydroxylation is 1. The van der Waals surface area contributed by atoms with Gasteiger partial charge in [-0.3, -0.25) is 9.20 Å². The molecule has 0 amide bonds. The van der Waals surface area contributed by atoms with E-state index >= 15 is 0 Å². The van der Waals surface area contributed by atoms with Crippen LogP contribution in [0.2, 0.25) is 0 Å². The average Bonchev–Trinajstić information content (AvgIpc) is 3.15. The maximum absolute atomic E-state index is 12.6. The SMILES string of the molecule is O=c1c2nncn2c2c(n1CC1CC1)CCCCC2. The van der Waals surface area contributed by atoms with Crippen LogP contribution in [0.5, 0.6) is 0 Å². The number of nitrogens with zero attached hydrogens (tertiary/aromatic N) is 4. The van der Waals surface area contributed by atoms with Gasteiger partial charge in [0.05, 0.1) is 0 Å². The molecule has 2 aliphatic carbocycles. The zero-order chi connectivity index (χ0) is 12.8. The van der Waals surface area contributed by atoms with Gasteiger partial charge in [-0.05, 0) is 44.4 Å². The lowest BCUT2D eigenvalue weighted by molar-refractivity contribution is 0.566. The Labute approximate surface area is 111 Å². The largest absolute Gasteiger partial charge is 0.307 e. The third-order valence-corrected chi connectivity index (χ3v) is 4.40. The van der Waals surface area contributed by atoms with Crippen molar-refractivity contribution in [1.29, 1.82) is 0 Å². The predicted octanol–water partition coefficient (Wildman–Crippen LogP) is 1.57. The minimum absolute atomic E-state index is 0.0463. The predicted molar refractivity (Wildman–Crippen MR) is 71.2 cm³/mol. The molecule has 2 heterocycles. The third kappa shape index (κ3) is 1.79. The van der Waals surface area contributed by atoms with Crippen molar-refractivity contribution < 1.29 is 0 Å². The molecular weight excluding hydrogens is 240 g/mol. The molecule has 0 N–H and O–H groups in total. The summed E-state index contributed by atoms with van der Waals surface area (Å²) in [5.74, 6) is 0.704. The first-order chi connectivity index (χ1) is 9.34. The summed E-state index contributed by atoms with van der Waals surface area (Å²) in [6.45, 7) is 0.879. The van der Waals surface area contributed by atoms with Gasteiger partial charge in [0, 0.05) is 17.9 Å². The molecule has 19 heavy (non-hydrogen) atoms. The van der Waals surface area contributed by atoms with E-state index in [4.69, 9.17) is 0 Å². The van der Waals surface area contributed by atoms with Crippen molar-refractivity contribution in [3.8, 4) is 0 Å². The first kappa shape index (κ1) is 11.2. The maximum atomic E-state index is 12.6. The van der Waals surface area contributed by atoms with Crippen LogP contribution >= 0.6 is 0 Å². The minimum Gasteiger partial charge on any atom is -0.307 e. The first-order valence-electron chi connectivity index (χ1n) is 7.29. The van der Waals surface area contributed by atoms with Crippen LogP contribution in [0.3, 0.4) is 0 Å². The zero-order valence-electron chi connectivity index (χ0n) is 11.0. The first-order valence-corrected chi connectivity index (χ1v) is 7.29. The highest BCUT2D eigenvalue weighted by Gasteiger charge is 2.26. The van der Waals surface area contributed by atoms with Crippen LogP contribution < -0.4 is 5.56 Å². The van der Waals surface area contributed by atoms with E-state index in [1.54, 1.807) is 6.33 Å². The molecule has 0 saturated heterocycles. The quantitative estimate of drug-likeness (QED) is 0.768. The fraction of sp³-hybridized carbons (Fsp3) is 0.643. The molecule has 5 heteroatoms. The maximum Gasteiger partial charge on any atom is 0.296 e. The lowest BCUT2D eigenvalue weighted by Crippen LogP contribution is -2.29. The molecule has 5 nitrogen and oxygen atoms in total. The van der Waals surface area contributed by atoms with Gasteiger partial charge >= 0.3 is 0 Å². The molecule has 0 radical (unpaired) electrons. The molecule has 2 aliphatic rings. The number of aromatic nitrogens is 4. The van der Waals surface area contributed by atoms with Crippen LogP contribution in [-0.2, 0) is 19.4 Å². The van der Waals surface area contributed by atoms with E-state index < -0.39 is 0 Å². The molecule has 2 aromatic rings. The van der Waals surface area contributed by atoms with Crippen LogP contribution in [0, 0.1) is 5.92 Å². The standard InChI is InChI=1S/C14H18N4O/c19-14-13-16-15-9-18(13)12-5-3-1-2-4-11(12)17(14)8-10-6-7-10/h9-10H,1-8H2. The van der Waals surface area contributed by atoms with Crippen molar-refractivity contribution in [3.05, 3.63) is 28.1 Å². The van der Waals surface area contributed by atoms with Crippen molar-refractivity contribution in [1.82, 2.24) is 19.2 Å². The van der Waals surface area contributed by atoms with E-state index in [-0.39, 0.29) is 5.56 Å². The monoisotopic (exact) mass is 258 g/mol. The molecule has 0 aromatic carbocycles. The highest BCUT2D eigenvalue weighted by atomic mass is 16.1. The molecule has 0 atom stereocenters. The summed E-state index contributed by atoms with van der Waals surface area (Å²) < 4.78 is 3.93. The normalized spacial score (nSPS) is 19.4. The summed E-state index contributed by atoms with van der Waals surface area (Å²) in [5.41, 5.74) is 3.05. The summed E-state index contributed by atoms with van der Waals surface area (Å²) in [4.78, 5) is 12.6. The second-order valence-electron chi connectivity index (χ2n) is 5.84. The van der Waals surface area contributed by atoms with E-state index in [0.717, 1.165) is 19.4 Å². The highest BCUT2D eigenvalue weighted by molar-refractivity contribution is 5.38. The van der Waals surface area contributed by atoms with Gasteiger partial charge in [-0.2, -0.15) is 0 Å². The molecule has 0 unspecified atom stereocenters. The molecule has 1 saturated carbocycles. The number of fused-ring (bicyclic) bond motifs is 3. The van der Waals surface area contributed by atoms with Crippen LogP contribution in [0.4, 0.5) is 0 Å². The van der Waals surface area contributed by atoms with E-state index in [0.29, 0.717) is 11.6 Å². The second kappa shape index (κ2) is 4.18. The third-order valence-electron chi connectivity index (χ3n) is 4.40. The Hall–Kier alpha value is -1.65. The second-order valence-corrected chi connectivity index (χ2v) is 5.84. The number of hydrogen-bond donors (Lipinski definition) is 0. The van der Waals surface area contributed by atoms with E-state index in [1.807, 2.05) is 8.97 Å². The van der Waals surface area contributed by atoms with Crippen LogP contribution in [0.1, 0.15) is 43.5 Å². The summed E-state index contributed by atoms with van der Waals surface area (Å²) in [7, 11) is 0. The summed E-state index contributed by atoms with van der Waals surface area (Å²) >= 11 is 0. The van der Waals surface area contributed by atoms with E-state index in [1.165, 1.54) is 43.5 Å². The minimum atomic E-state index is 0.0463. The van der Waals surface area contributed by atoms with Gasteiger partial charge in [0.1, 0.15) is 6.33 Å². The molecule has 4 rings (SSSR count). The lowest BCUT2D eigenvalue weighted by Gasteiger charge is -2.16. The van der Waals surface area contributed by atoms with Crippen molar-refractivity contribution in [3.63, 3.8) is 0 Å². The van der Waals surface area contributed by atoms with Gasteiger partial charge < -0.3 is 4.57 Å². The molecule has 2 aromatic heterocycles. The Morgan fingerprint density at radius 2 is 1.95 bits per heavy atom. The highest BCUT2D eigenvalue weighted by Crippen LogP contribution is 2.31. The Balaban J connectivity index is 1.99. The Morgan fingerprint density at radius 3 is 2.74 bits per heavy atom. The van der Waals surface area contributed by atoms with Gasteiger partial charge in [-0.25, -0.2) is 0 Å². The molecular formula is C14H18N4O. The Bertz CT molecular complexity index is 681. The number of rotatable bonds is 2. The number of hydrogen-bond acceptors (Lipinski definition) is 3. The Morgan fingerprint density at radius 1 is 1.16 bits per heavy atom. The summed E-state index contributed by atoms with van der Waals surface area (Å²) in [5, 5.41) is 7.96. The molecule has 0 aliphatic heterocycles. The van der Waals surface area contributed by atoms with Gasteiger partial charge in [0.25, 0.3) is 5.56 Å². The van der Waals surface area contributed by atoms with Crippen LogP contribution in [-0.4, -0.2) is 19.2 Å². The fourth-order valence-corrected chi connectivity index (χ4v) is 3.17. The van der Waals surface area contributed by atoms with Gasteiger partial charge in [0.2, 0.25) is 5.65 Å². The fourth-order valence-electron chi connectivity index (χ4n) is 3.17. The molecule has 100 valence electrons. The van der Waals surface area contributed by atoms with E-state index in [9.17, 15) is 4.79 Å². The lowest BCUT2D eigenvalue weighted by atomic mass is 10.2. The smallest absolute Gasteiger partial charge is 0.296 e. The van der Waals surface area contributed by atoms with Crippen molar-refractivity contribution >= 4 is 5.65 Å². The summed E-state index contributed by atoms with van der Waals surface area (Å²) in [6, 6.07) is 0. The zero-order valence-corrected chi connectivity index (χ0v) is 11.0. The molecule has 1 fully saturated rings. The topological polar surface area (TPSA) is 52.2 Å². The van der Waals surface area contributed by atoms with Gasteiger partial charge in [0.15, 0.2) is 0 Å².